The van der Waals surface area contributed by atoms with E-state index in [1.165, 1.54) is 0 Å². The van der Waals surface area contributed by atoms with Gasteiger partial charge in [0.15, 0.2) is 0 Å². The predicted molar refractivity (Wildman–Crippen MR) is 60.1 cm³/mol. The molecule has 0 aliphatic heterocycles. The third kappa shape index (κ3) is 11.7. The summed E-state index contributed by atoms with van der Waals surface area (Å²) >= 11 is 0. The molecule has 0 unspecified atom stereocenters. The van der Waals surface area contributed by atoms with Crippen molar-refractivity contribution in [3.05, 3.63) is 0 Å². The summed E-state index contributed by atoms with van der Waals surface area (Å²) in [6, 6.07) is 0. The second-order valence-corrected chi connectivity index (χ2v) is 6.13. The SMILES string of the molecule is CCCCOP(=O)(OCCCC)OS(=O)(=O)[O-].[Li+]. The molecule has 18 heavy (non-hydrogen) atoms. The van der Waals surface area contributed by atoms with Gasteiger partial charge in [-0.15, -0.1) is 0 Å². The number of phosphoric ester groups is 1. The van der Waals surface area contributed by atoms with E-state index in [9.17, 15) is 17.5 Å². The zero-order valence-corrected chi connectivity index (χ0v) is 12.7. The van der Waals surface area contributed by atoms with Crippen molar-refractivity contribution in [3.63, 3.8) is 0 Å². The molecular weight excluding hydrogens is 278 g/mol. The Balaban J connectivity index is 0. The van der Waals surface area contributed by atoms with Crippen LogP contribution >= 0.6 is 7.82 Å². The van der Waals surface area contributed by atoms with Crippen molar-refractivity contribution in [1.82, 2.24) is 0 Å². The monoisotopic (exact) mass is 296 g/mol. The molecule has 0 atom stereocenters. The van der Waals surface area contributed by atoms with Gasteiger partial charge in [-0.1, -0.05) is 26.7 Å². The van der Waals surface area contributed by atoms with Crippen LogP contribution < -0.4 is 18.9 Å². The molecule has 0 radical (unpaired) electrons. The minimum Gasteiger partial charge on any atom is -0.725 e. The molecule has 10 heteroatoms. The number of hydrogen-bond acceptors (Lipinski definition) is 7. The van der Waals surface area contributed by atoms with Gasteiger partial charge in [0.1, 0.15) is 0 Å². The fourth-order valence-electron chi connectivity index (χ4n) is 0.833. The van der Waals surface area contributed by atoms with Crippen molar-refractivity contribution < 1.29 is 49.4 Å². The molecule has 0 N–H and O–H groups in total. The van der Waals surface area contributed by atoms with E-state index in [1.54, 1.807) is 0 Å². The van der Waals surface area contributed by atoms with Crippen molar-refractivity contribution in [2.75, 3.05) is 13.2 Å². The molecule has 0 aromatic carbocycles. The molecule has 0 amide bonds. The summed E-state index contributed by atoms with van der Waals surface area (Å²) in [5.41, 5.74) is 0. The van der Waals surface area contributed by atoms with Crippen molar-refractivity contribution >= 4 is 18.2 Å². The molecule has 0 fully saturated rings. The van der Waals surface area contributed by atoms with Crippen LogP contribution in [0.5, 0.6) is 0 Å². The summed E-state index contributed by atoms with van der Waals surface area (Å²) in [6.07, 6.45) is 2.64. The van der Waals surface area contributed by atoms with Crippen molar-refractivity contribution in [2.45, 2.75) is 39.5 Å². The quantitative estimate of drug-likeness (QED) is 0.171. The van der Waals surface area contributed by atoms with Crippen LogP contribution in [-0.2, 0) is 28.0 Å². The summed E-state index contributed by atoms with van der Waals surface area (Å²) in [7, 11) is -9.42. The number of phosphoric acid groups is 1. The van der Waals surface area contributed by atoms with Gasteiger partial charge in [0, 0.05) is 0 Å². The van der Waals surface area contributed by atoms with Crippen LogP contribution in [0.3, 0.4) is 0 Å². The van der Waals surface area contributed by atoms with Gasteiger partial charge in [-0.25, -0.2) is 13.0 Å². The third-order valence-corrected chi connectivity index (χ3v) is 4.14. The first kappa shape index (κ1) is 20.9. The minimum atomic E-state index is -5.12. The van der Waals surface area contributed by atoms with E-state index < -0.39 is 18.2 Å². The van der Waals surface area contributed by atoms with Crippen LogP contribution in [0.15, 0.2) is 0 Å². The zero-order valence-electron chi connectivity index (χ0n) is 11.0. The molecule has 0 saturated heterocycles. The van der Waals surface area contributed by atoms with Gasteiger partial charge in [0.2, 0.25) is 10.4 Å². The molecule has 7 nitrogen and oxygen atoms in total. The first-order valence-corrected chi connectivity index (χ1v) is 8.18. The molecule has 0 saturated carbocycles. The van der Waals surface area contributed by atoms with Crippen LogP contribution in [0.2, 0.25) is 0 Å². The maximum Gasteiger partial charge on any atom is 1.00 e. The number of rotatable bonds is 10. The Bertz CT molecular complexity index is 331. The maximum atomic E-state index is 11.7. The Morgan fingerprint density at radius 3 is 1.72 bits per heavy atom. The molecule has 0 spiro atoms. The molecule has 0 heterocycles. The molecular formula is C8H18LiO7PS. The van der Waals surface area contributed by atoms with E-state index >= 15 is 0 Å². The largest absolute Gasteiger partial charge is 1.00 e. The van der Waals surface area contributed by atoms with Gasteiger partial charge in [0.25, 0.3) is 0 Å². The average molecular weight is 296 g/mol. The van der Waals surface area contributed by atoms with Gasteiger partial charge in [-0.05, 0) is 12.8 Å². The molecule has 0 aliphatic rings. The summed E-state index contributed by atoms with van der Waals surface area (Å²) in [5.74, 6) is 0. The Labute approximate surface area is 120 Å². The summed E-state index contributed by atoms with van der Waals surface area (Å²) in [6.45, 7) is 3.76. The van der Waals surface area contributed by atoms with Gasteiger partial charge >= 0.3 is 26.7 Å². The second kappa shape index (κ2) is 10.4. The number of hydrogen-bond donors (Lipinski definition) is 0. The van der Waals surface area contributed by atoms with Crippen LogP contribution in [-0.4, -0.2) is 26.2 Å². The van der Waals surface area contributed by atoms with Crippen molar-refractivity contribution in [3.8, 4) is 0 Å². The standard InChI is InChI=1S/C8H19O7PS.Li/c1-3-5-7-13-16(9,14-8-6-4-2)15-17(10,11)12;/h3-8H2,1-2H3,(H,10,11,12);/q;+1/p-1. The van der Waals surface area contributed by atoms with Crippen molar-refractivity contribution in [1.29, 1.82) is 0 Å². The minimum absolute atomic E-state index is 0. The summed E-state index contributed by atoms with van der Waals surface area (Å²) in [4.78, 5) is 0. The summed E-state index contributed by atoms with van der Waals surface area (Å²) in [5, 5.41) is 0. The van der Waals surface area contributed by atoms with E-state index in [-0.39, 0.29) is 32.1 Å². The van der Waals surface area contributed by atoms with Crippen LogP contribution in [0.4, 0.5) is 0 Å². The Morgan fingerprint density at radius 2 is 1.44 bits per heavy atom. The number of unbranched alkanes of at least 4 members (excludes halogenated alkanes) is 2. The normalized spacial score (nSPS) is 12.2. The maximum absolute atomic E-state index is 11.7. The van der Waals surface area contributed by atoms with Crippen LogP contribution in [0.25, 0.3) is 0 Å². The average Bonchev–Trinajstić information content (AvgIpc) is 2.15. The van der Waals surface area contributed by atoms with Crippen LogP contribution in [0, 0.1) is 0 Å². The fourth-order valence-corrected chi connectivity index (χ4v) is 2.85. The van der Waals surface area contributed by atoms with Crippen molar-refractivity contribution in [2.24, 2.45) is 0 Å². The topological polar surface area (TPSA) is 102 Å². The predicted octanol–water partition coefficient (Wildman–Crippen LogP) is -0.791. The van der Waals surface area contributed by atoms with Gasteiger partial charge in [0.05, 0.1) is 13.2 Å². The van der Waals surface area contributed by atoms with Gasteiger partial charge in [-0.2, -0.15) is 3.97 Å². The van der Waals surface area contributed by atoms with Crippen LogP contribution in [0.1, 0.15) is 39.5 Å². The van der Waals surface area contributed by atoms with E-state index in [1.807, 2.05) is 13.8 Å². The second-order valence-electron chi connectivity index (χ2n) is 3.30. The smallest absolute Gasteiger partial charge is 0.725 e. The summed E-state index contributed by atoms with van der Waals surface area (Å²) < 4.78 is 56.2. The zero-order chi connectivity index (χ0) is 13.4. The van der Waals surface area contributed by atoms with E-state index in [2.05, 4.69) is 3.97 Å². The molecule has 0 aromatic heterocycles. The first-order chi connectivity index (χ1) is 7.83. The van der Waals surface area contributed by atoms with E-state index in [0.717, 1.165) is 12.8 Å². The van der Waals surface area contributed by atoms with Gasteiger partial charge < -0.3 is 4.55 Å². The molecule has 0 aromatic rings. The molecule has 0 aliphatic carbocycles. The Morgan fingerprint density at radius 1 is 1.06 bits per heavy atom. The van der Waals surface area contributed by atoms with E-state index in [0.29, 0.717) is 12.8 Å². The molecule has 104 valence electrons. The first-order valence-electron chi connectivity index (χ1n) is 5.39. The molecule has 0 rings (SSSR count). The fraction of sp³-hybridized carbons (Fsp3) is 1.00. The molecule has 0 bridgehead atoms. The Kier molecular flexibility index (Phi) is 12.1. The van der Waals surface area contributed by atoms with Gasteiger partial charge in [-0.3, -0.25) is 9.05 Å². The van der Waals surface area contributed by atoms with E-state index in [4.69, 9.17) is 9.05 Å². The Hall–Kier alpha value is 0.617. The third-order valence-electron chi connectivity index (χ3n) is 1.68.